The zero-order valence-electron chi connectivity index (χ0n) is 8.80. The van der Waals surface area contributed by atoms with E-state index in [-0.39, 0.29) is 21.9 Å². The number of aromatic nitrogens is 2. The third kappa shape index (κ3) is 1.95. The maximum atomic E-state index is 13.6. The Morgan fingerprint density at radius 1 is 1.38 bits per heavy atom. The average Bonchev–Trinajstić information content (AvgIpc) is 2.19. The Morgan fingerprint density at radius 2 is 2.00 bits per heavy atom. The number of hydrogen-bond acceptors (Lipinski definition) is 4. The fourth-order valence-corrected chi connectivity index (χ4v) is 2.01. The fraction of sp³-hybridized carbons (Fsp3) is 0.556. The molecule has 0 aromatic carbocycles. The van der Waals surface area contributed by atoms with Gasteiger partial charge in [-0.05, 0) is 18.5 Å². The molecule has 7 heteroatoms. The van der Waals surface area contributed by atoms with E-state index in [1.807, 2.05) is 6.92 Å². The van der Waals surface area contributed by atoms with E-state index in [2.05, 4.69) is 9.97 Å². The summed E-state index contributed by atoms with van der Waals surface area (Å²) in [5.74, 6) is -0.524. The predicted octanol–water partition coefficient (Wildman–Crippen LogP) is 2.15. The minimum absolute atomic E-state index is 0.0626. The van der Waals surface area contributed by atoms with Gasteiger partial charge in [-0.1, -0.05) is 11.6 Å². The molecule has 0 atom stereocenters. The van der Waals surface area contributed by atoms with Gasteiger partial charge in [0.2, 0.25) is 11.1 Å². The van der Waals surface area contributed by atoms with E-state index in [9.17, 15) is 4.39 Å². The highest BCUT2D eigenvalue weighted by Gasteiger charge is 2.41. The maximum Gasteiger partial charge on any atom is 0.225 e. The lowest BCUT2D eigenvalue weighted by Gasteiger charge is -2.47. The molecule has 16 heavy (non-hydrogen) atoms. The van der Waals surface area contributed by atoms with Gasteiger partial charge in [0, 0.05) is 7.11 Å². The molecular weight excluding hydrogens is 256 g/mol. The Kier molecular flexibility index (Phi) is 2.94. The molecule has 2 rings (SSSR count). The van der Waals surface area contributed by atoms with Crippen molar-refractivity contribution in [2.45, 2.75) is 12.5 Å². The number of halogens is 3. The van der Waals surface area contributed by atoms with E-state index in [0.717, 1.165) is 0 Å². The Morgan fingerprint density at radius 3 is 2.56 bits per heavy atom. The van der Waals surface area contributed by atoms with Crippen molar-refractivity contribution in [3.05, 3.63) is 16.3 Å². The molecule has 2 heterocycles. The normalized spacial score (nSPS) is 18.4. The molecule has 0 unspecified atom stereocenters. The van der Waals surface area contributed by atoms with Gasteiger partial charge in [-0.2, -0.15) is 9.37 Å². The van der Waals surface area contributed by atoms with Crippen LogP contribution in [0.4, 0.5) is 10.2 Å². The Bertz CT molecular complexity index is 423. The lowest BCUT2D eigenvalue weighted by atomic mass is 9.96. The molecule has 0 N–H and O–H groups in total. The summed E-state index contributed by atoms with van der Waals surface area (Å²) >= 11 is 11.2. The first-order valence-electron chi connectivity index (χ1n) is 4.64. The number of methoxy groups -OCH3 is 1. The summed E-state index contributed by atoms with van der Waals surface area (Å²) in [4.78, 5) is 9.05. The van der Waals surface area contributed by atoms with Crippen LogP contribution >= 0.6 is 23.2 Å². The molecule has 0 saturated carbocycles. The van der Waals surface area contributed by atoms with Gasteiger partial charge in [0.05, 0.1) is 18.7 Å². The lowest BCUT2D eigenvalue weighted by Crippen LogP contribution is -2.61. The predicted molar refractivity (Wildman–Crippen MR) is 59.6 cm³/mol. The summed E-state index contributed by atoms with van der Waals surface area (Å²) in [6.45, 7) is 3.03. The molecule has 0 spiro atoms. The largest absolute Gasteiger partial charge is 0.375 e. The van der Waals surface area contributed by atoms with Crippen LogP contribution in [0.2, 0.25) is 10.4 Å². The first-order valence-corrected chi connectivity index (χ1v) is 5.39. The monoisotopic (exact) mass is 265 g/mol. The lowest BCUT2D eigenvalue weighted by molar-refractivity contribution is -0.0174. The van der Waals surface area contributed by atoms with Crippen molar-refractivity contribution in [1.29, 1.82) is 0 Å². The van der Waals surface area contributed by atoms with Gasteiger partial charge in [-0.3, -0.25) is 0 Å². The van der Waals surface area contributed by atoms with Crippen LogP contribution in [0.3, 0.4) is 0 Å². The van der Waals surface area contributed by atoms with Crippen molar-refractivity contribution in [3.8, 4) is 0 Å². The van der Waals surface area contributed by atoms with E-state index < -0.39 is 5.82 Å². The zero-order valence-corrected chi connectivity index (χ0v) is 10.3. The van der Waals surface area contributed by atoms with Gasteiger partial charge in [-0.15, -0.1) is 0 Å². The van der Waals surface area contributed by atoms with E-state index in [1.165, 1.54) is 0 Å². The maximum absolute atomic E-state index is 13.6. The summed E-state index contributed by atoms with van der Waals surface area (Å²) in [6, 6.07) is 0. The standard InChI is InChI=1S/C9H10Cl2FN3O/c1-9(16-2)3-15(4-9)7-5(12)6(10)13-8(11)14-7/h3-4H2,1-2H3. The molecule has 0 aliphatic carbocycles. The average molecular weight is 266 g/mol. The van der Waals surface area contributed by atoms with Crippen LogP contribution in [0.1, 0.15) is 6.92 Å². The third-order valence-corrected chi connectivity index (χ3v) is 3.03. The van der Waals surface area contributed by atoms with Gasteiger partial charge in [0.1, 0.15) is 0 Å². The van der Waals surface area contributed by atoms with Gasteiger partial charge in [0.25, 0.3) is 0 Å². The Hall–Kier alpha value is -0.650. The van der Waals surface area contributed by atoms with E-state index in [4.69, 9.17) is 27.9 Å². The zero-order chi connectivity index (χ0) is 11.9. The van der Waals surface area contributed by atoms with Crippen LogP contribution in [-0.2, 0) is 4.74 Å². The molecule has 1 aliphatic heterocycles. The SMILES string of the molecule is COC1(C)CN(c2nc(Cl)nc(Cl)c2F)C1. The second-order valence-electron chi connectivity index (χ2n) is 3.93. The fourth-order valence-electron chi connectivity index (χ4n) is 1.63. The van der Waals surface area contributed by atoms with Crippen LogP contribution in [0, 0.1) is 5.82 Å². The molecule has 0 amide bonds. The summed E-state index contributed by atoms with van der Waals surface area (Å²) in [5.41, 5.74) is -0.268. The number of hydrogen-bond donors (Lipinski definition) is 0. The Balaban J connectivity index is 2.24. The number of ether oxygens (including phenoxy) is 1. The van der Waals surface area contributed by atoms with Crippen LogP contribution in [-0.4, -0.2) is 35.8 Å². The first kappa shape index (κ1) is 11.8. The van der Waals surface area contributed by atoms with Gasteiger partial charge in [0.15, 0.2) is 11.0 Å². The molecule has 4 nitrogen and oxygen atoms in total. The van der Waals surface area contributed by atoms with Crippen molar-refractivity contribution < 1.29 is 9.13 Å². The van der Waals surface area contributed by atoms with E-state index >= 15 is 0 Å². The molecule has 1 fully saturated rings. The summed E-state index contributed by atoms with van der Waals surface area (Å²) in [6.07, 6.45) is 0. The minimum atomic E-state index is -0.649. The quantitative estimate of drug-likeness (QED) is 0.607. The van der Waals surface area contributed by atoms with Gasteiger partial charge < -0.3 is 9.64 Å². The number of nitrogens with zero attached hydrogens (tertiary/aromatic N) is 3. The molecular formula is C9H10Cl2FN3O. The van der Waals surface area contributed by atoms with E-state index in [1.54, 1.807) is 12.0 Å². The molecule has 1 saturated heterocycles. The van der Waals surface area contributed by atoms with Crippen LogP contribution in [0.5, 0.6) is 0 Å². The summed E-state index contributed by atoms with van der Waals surface area (Å²) in [7, 11) is 1.62. The Labute approximate surface area is 102 Å². The van der Waals surface area contributed by atoms with Crippen molar-refractivity contribution >= 4 is 29.0 Å². The molecule has 0 bridgehead atoms. The number of anilines is 1. The van der Waals surface area contributed by atoms with Crippen LogP contribution in [0.15, 0.2) is 0 Å². The molecule has 1 aliphatic rings. The highest BCUT2D eigenvalue weighted by Crippen LogP contribution is 2.32. The van der Waals surface area contributed by atoms with Gasteiger partial charge >= 0.3 is 0 Å². The van der Waals surface area contributed by atoms with Crippen molar-refractivity contribution in [2.75, 3.05) is 25.1 Å². The van der Waals surface area contributed by atoms with Gasteiger partial charge in [-0.25, -0.2) is 4.98 Å². The highest BCUT2D eigenvalue weighted by molar-refractivity contribution is 6.32. The van der Waals surface area contributed by atoms with Crippen molar-refractivity contribution in [1.82, 2.24) is 9.97 Å². The third-order valence-electron chi connectivity index (χ3n) is 2.61. The second-order valence-corrected chi connectivity index (χ2v) is 4.63. The van der Waals surface area contributed by atoms with Crippen LogP contribution < -0.4 is 4.90 Å². The molecule has 1 aromatic rings. The first-order chi connectivity index (χ1) is 7.45. The summed E-state index contributed by atoms with van der Waals surface area (Å²) < 4.78 is 18.9. The topological polar surface area (TPSA) is 38.2 Å². The molecule has 88 valence electrons. The smallest absolute Gasteiger partial charge is 0.225 e. The van der Waals surface area contributed by atoms with Crippen LogP contribution in [0.25, 0.3) is 0 Å². The molecule has 0 radical (unpaired) electrons. The van der Waals surface area contributed by atoms with E-state index in [0.29, 0.717) is 13.1 Å². The summed E-state index contributed by atoms with van der Waals surface area (Å²) in [5, 5.41) is -0.326. The van der Waals surface area contributed by atoms with Crippen molar-refractivity contribution in [2.24, 2.45) is 0 Å². The minimum Gasteiger partial charge on any atom is -0.375 e. The van der Waals surface area contributed by atoms with Crippen molar-refractivity contribution in [3.63, 3.8) is 0 Å². The highest BCUT2D eigenvalue weighted by atomic mass is 35.5. The number of rotatable bonds is 2. The second kappa shape index (κ2) is 3.98. The molecule has 1 aromatic heterocycles.